The fraction of sp³-hybridized carbons (Fsp3) is 0.333. The van der Waals surface area contributed by atoms with Crippen molar-refractivity contribution in [2.75, 3.05) is 19.8 Å². The summed E-state index contributed by atoms with van der Waals surface area (Å²) in [6, 6.07) is 23.2. The molecule has 0 saturated carbocycles. The Morgan fingerprint density at radius 2 is 1.13 bits per heavy atom. The molecule has 1 aliphatic rings. The number of nitrogens with zero attached hydrogens (tertiary/aromatic N) is 1. The molecular formula is C27H38N3O6P3+2. The fourth-order valence-corrected chi connectivity index (χ4v) is 13.9. The van der Waals surface area contributed by atoms with Gasteiger partial charge in [-0.05, 0) is 82.8 Å². The van der Waals surface area contributed by atoms with Crippen molar-refractivity contribution in [1.82, 2.24) is 9.72 Å². The molecule has 210 valence electrons. The van der Waals surface area contributed by atoms with Crippen molar-refractivity contribution < 1.29 is 27.1 Å². The van der Waals surface area contributed by atoms with Crippen molar-refractivity contribution in [3.05, 3.63) is 89.5 Å². The van der Waals surface area contributed by atoms with Crippen molar-refractivity contribution in [3.63, 3.8) is 0 Å². The van der Waals surface area contributed by atoms with Crippen LogP contribution in [0.1, 0.15) is 37.5 Å². The van der Waals surface area contributed by atoms with Crippen molar-refractivity contribution in [2.24, 2.45) is 4.52 Å². The zero-order valence-electron chi connectivity index (χ0n) is 23.3. The van der Waals surface area contributed by atoms with Crippen LogP contribution < -0.4 is 23.3 Å². The standard InChI is InChI=1S/C27H38N3O6P3/c1-7-31-37(34-25-16-10-22(4)11-17-25)28-38(32-8-2,35-26-18-12-23(5)13-19-26)30-39(29-37,33-9-3)36-27-20-14-24(6)15-21-27/h10-21,28-29H,7-9H2,1-6H3/q+2. The number of benzene rings is 3. The summed E-state index contributed by atoms with van der Waals surface area (Å²) in [5.74, 6) is 1.80. The van der Waals surface area contributed by atoms with Gasteiger partial charge in [-0.25, -0.2) is 0 Å². The largest absolute Gasteiger partial charge is 0.571 e. The van der Waals surface area contributed by atoms with Crippen molar-refractivity contribution in [3.8, 4) is 17.2 Å². The second-order valence-corrected chi connectivity index (χ2v) is 15.7. The normalized spacial score (nSPS) is 24.6. The summed E-state index contributed by atoms with van der Waals surface area (Å²) in [4.78, 5) is 6.88. The second kappa shape index (κ2) is 13.1. The van der Waals surface area contributed by atoms with Crippen LogP contribution in [0.25, 0.3) is 0 Å². The lowest BCUT2D eigenvalue weighted by atomic mass is 10.2. The van der Waals surface area contributed by atoms with Gasteiger partial charge in [0.25, 0.3) is 0 Å². The minimum absolute atomic E-state index is 0.323. The fourth-order valence-electron chi connectivity index (χ4n) is 3.68. The molecule has 0 spiro atoms. The molecule has 39 heavy (non-hydrogen) atoms. The molecule has 0 aliphatic carbocycles. The molecule has 3 atom stereocenters. The Hall–Kier alpha value is -2.05. The minimum Gasteiger partial charge on any atom is -0.423 e. The molecule has 1 heterocycles. The first kappa shape index (κ1) is 29.9. The van der Waals surface area contributed by atoms with E-state index in [0.29, 0.717) is 37.1 Å². The number of hydrogen-bond donors (Lipinski definition) is 2. The Balaban J connectivity index is 1.88. The van der Waals surface area contributed by atoms with Gasteiger partial charge in [0.05, 0.1) is 24.7 Å². The van der Waals surface area contributed by atoms with Gasteiger partial charge in [0, 0.05) is 4.52 Å². The first-order valence-corrected chi connectivity index (χ1v) is 17.7. The lowest BCUT2D eigenvalue weighted by molar-refractivity contribution is 0.272. The first-order chi connectivity index (χ1) is 18.7. The summed E-state index contributed by atoms with van der Waals surface area (Å²) in [6.45, 7) is 12.7. The van der Waals surface area contributed by atoms with E-state index in [4.69, 9.17) is 31.7 Å². The molecule has 3 unspecified atom stereocenters. The smallest absolute Gasteiger partial charge is 0.423 e. The molecular weight excluding hydrogens is 555 g/mol. The van der Waals surface area contributed by atoms with E-state index in [1.165, 1.54) is 0 Å². The Morgan fingerprint density at radius 1 is 0.641 bits per heavy atom. The van der Waals surface area contributed by atoms with Gasteiger partial charge >= 0.3 is 23.7 Å². The summed E-state index contributed by atoms with van der Waals surface area (Å²) >= 11 is 0. The first-order valence-electron chi connectivity index (χ1n) is 13.0. The Labute approximate surface area is 233 Å². The van der Waals surface area contributed by atoms with Crippen LogP contribution in [0, 0.1) is 20.8 Å². The maximum absolute atomic E-state index is 6.60. The van der Waals surface area contributed by atoms with Gasteiger partial charge < -0.3 is 4.52 Å². The average Bonchev–Trinajstić information content (AvgIpc) is 2.88. The molecule has 0 aromatic heterocycles. The van der Waals surface area contributed by atoms with Gasteiger partial charge in [-0.15, -0.1) is 0 Å². The molecule has 0 bridgehead atoms. The van der Waals surface area contributed by atoms with Crippen LogP contribution in [0.3, 0.4) is 0 Å². The van der Waals surface area contributed by atoms with E-state index in [2.05, 4.69) is 9.72 Å². The Kier molecular flexibility index (Phi) is 10.0. The summed E-state index contributed by atoms with van der Waals surface area (Å²) in [6.07, 6.45) is 0. The summed E-state index contributed by atoms with van der Waals surface area (Å²) in [5.41, 5.74) is 3.33. The van der Waals surface area contributed by atoms with E-state index in [-0.39, 0.29) is 0 Å². The SMILES string of the molecule is CCOP1(Oc2ccc(C)cc2)=N[P+](OCC)(Oc2ccc(C)cc2)N[P+](OCC)(Oc2ccc(C)cc2)N1. The summed E-state index contributed by atoms with van der Waals surface area (Å²) < 4.78 is 43.8. The third kappa shape index (κ3) is 7.79. The van der Waals surface area contributed by atoms with Crippen LogP contribution in [-0.2, 0) is 13.6 Å². The maximum Gasteiger partial charge on any atom is 0.571 e. The van der Waals surface area contributed by atoms with Crippen LogP contribution >= 0.6 is 23.7 Å². The molecule has 2 N–H and O–H groups in total. The van der Waals surface area contributed by atoms with Gasteiger partial charge in [0.15, 0.2) is 11.5 Å². The molecule has 3 aromatic carbocycles. The Morgan fingerprint density at radius 3 is 1.62 bits per heavy atom. The highest BCUT2D eigenvalue weighted by atomic mass is 31.3. The van der Waals surface area contributed by atoms with Crippen LogP contribution in [0.15, 0.2) is 77.3 Å². The number of nitrogens with one attached hydrogen (secondary N) is 2. The molecule has 4 rings (SSSR count). The zero-order chi connectivity index (χ0) is 27.9. The average molecular weight is 594 g/mol. The number of hydrogen-bond acceptors (Lipinski definition) is 9. The lowest BCUT2D eigenvalue weighted by Gasteiger charge is -2.33. The van der Waals surface area contributed by atoms with E-state index < -0.39 is 23.7 Å². The van der Waals surface area contributed by atoms with Gasteiger partial charge in [-0.3, -0.25) is 13.6 Å². The predicted molar refractivity (Wildman–Crippen MR) is 160 cm³/mol. The molecule has 0 amide bonds. The quantitative estimate of drug-likeness (QED) is 0.202. The minimum atomic E-state index is -3.31. The molecule has 3 aromatic rings. The van der Waals surface area contributed by atoms with Crippen molar-refractivity contribution >= 4 is 23.7 Å². The maximum atomic E-state index is 6.60. The van der Waals surface area contributed by atoms with E-state index in [0.717, 1.165) is 16.7 Å². The predicted octanol–water partition coefficient (Wildman–Crippen LogP) is 8.75. The van der Waals surface area contributed by atoms with Crippen LogP contribution in [0.2, 0.25) is 0 Å². The highest BCUT2D eigenvalue weighted by Gasteiger charge is 2.72. The number of aryl methyl sites for hydroxylation is 3. The molecule has 0 saturated heterocycles. The van der Waals surface area contributed by atoms with Gasteiger partial charge in [0.2, 0.25) is 0 Å². The van der Waals surface area contributed by atoms with Crippen LogP contribution in [0.4, 0.5) is 0 Å². The van der Waals surface area contributed by atoms with E-state index in [1.54, 1.807) is 0 Å². The highest BCUT2D eigenvalue weighted by molar-refractivity contribution is 7.88. The summed E-state index contributed by atoms with van der Waals surface area (Å²) in [7, 11) is -9.84. The molecule has 9 nitrogen and oxygen atoms in total. The van der Waals surface area contributed by atoms with E-state index in [9.17, 15) is 0 Å². The molecule has 1 aliphatic heterocycles. The van der Waals surface area contributed by atoms with Crippen LogP contribution in [0.5, 0.6) is 17.2 Å². The van der Waals surface area contributed by atoms with Crippen LogP contribution in [-0.4, -0.2) is 19.8 Å². The van der Waals surface area contributed by atoms with Gasteiger partial charge in [-0.2, -0.15) is 9.05 Å². The third-order valence-electron chi connectivity index (χ3n) is 5.43. The van der Waals surface area contributed by atoms with Gasteiger partial charge in [-0.1, -0.05) is 53.1 Å². The van der Waals surface area contributed by atoms with Crippen molar-refractivity contribution in [1.29, 1.82) is 0 Å². The highest BCUT2D eigenvalue weighted by Crippen LogP contribution is 2.80. The monoisotopic (exact) mass is 593 g/mol. The van der Waals surface area contributed by atoms with E-state index in [1.807, 2.05) is 114 Å². The molecule has 0 fully saturated rings. The third-order valence-corrected chi connectivity index (χ3v) is 14.7. The lowest BCUT2D eigenvalue weighted by Crippen LogP contribution is -2.38. The van der Waals surface area contributed by atoms with Crippen molar-refractivity contribution in [2.45, 2.75) is 41.5 Å². The molecule has 0 radical (unpaired) electrons. The second-order valence-electron chi connectivity index (χ2n) is 8.85. The topological polar surface area (TPSA) is 91.8 Å². The summed E-state index contributed by atoms with van der Waals surface area (Å²) in [5, 5.41) is 0. The van der Waals surface area contributed by atoms with Gasteiger partial charge in [0.1, 0.15) is 5.75 Å². The number of rotatable bonds is 12. The van der Waals surface area contributed by atoms with E-state index >= 15 is 0 Å². The zero-order valence-corrected chi connectivity index (χ0v) is 26.0. The Bertz CT molecular complexity index is 1280. The molecule has 12 heteroatoms.